The summed E-state index contributed by atoms with van der Waals surface area (Å²) in [6.07, 6.45) is 18.0. The van der Waals surface area contributed by atoms with Crippen LogP contribution < -0.4 is 5.73 Å². The third-order valence-corrected chi connectivity index (χ3v) is 5.51. The SMILES string of the molecule is CC(C)CCCCCCCCCCCCCCC(N)=O.CCOC(=O)CN(CC)CC. The molecule has 186 valence electrons. The first kappa shape index (κ1) is 32.1. The van der Waals surface area contributed by atoms with Crippen LogP contribution in [0.1, 0.15) is 125 Å². The number of esters is 1. The minimum atomic E-state index is -0.154. The van der Waals surface area contributed by atoms with Crippen molar-refractivity contribution in [1.29, 1.82) is 0 Å². The maximum atomic E-state index is 10.9. The summed E-state index contributed by atoms with van der Waals surface area (Å²) in [4.78, 5) is 23.5. The number of ether oxygens (including phenoxy) is 1. The van der Waals surface area contributed by atoms with Crippen LogP contribution in [0.3, 0.4) is 0 Å². The van der Waals surface area contributed by atoms with Crippen LogP contribution in [-0.2, 0) is 14.3 Å². The van der Waals surface area contributed by atoms with Gasteiger partial charge in [-0.2, -0.15) is 0 Å². The fourth-order valence-corrected chi connectivity index (χ4v) is 3.46. The molecule has 0 aromatic heterocycles. The molecule has 0 aliphatic heterocycles. The minimum Gasteiger partial charge on any atom is -0.465 e. The second-order valence-electron chi connectivity index (χ2n) is 8.91. The Bertz CT molecular complexity index is 396. The van der Waals surface area contributed by atoms with Crippen molar-refractivity contribution in [2.24, 2.45) is 11.7 Å². The lowest BCUT2D eigenvalue weighted by Crippen LogP contribution is -2.30. The predicted octanol–water partition coefficient (Wildman–Crippen LogP) is 6.48. The summed E-state index contributed by atoms with van der Waals surface area (Å²) in [7, 11) is 0. The van der Waals surface area contributed by atoms with Crippen molar-refractivity contribution < 1.29 is 14.3 Å². The van der Waals surface area contributed by atoms with E-state index in [0.717, 1.165) is 25.4 Å². The average molecular weight is 443 g/mol. The fraction of sp³-hybridized carbons (Fsp3) is 0.923. The molecule has 0 rings (SSSR count). The summed E-state index contributed by atoms with van der Waals surface area (Å²) in [5, 5.41) is 0. The van der Waals surface area contributed by atoms with E-state index in [1.165, 1.54) is 77.0 Å². The van der Waals surface area contributed by atoms with Crippen molar-refractivity contribution in [2.45, 2.75) is 125 Å². The Morgan fingerprint density at radius 3 is 1.52 bits per heavy atom. The van der Waals surface area contributed by atoms with E-state index in [4.69, 9.17) is 10.5 Å². The van der Waals surface area contributed by atoms with Crippen LogP contribution in [0.15, 0.2) is 0 Å². The molecule has 31 heavy (non-hydrogen) atoms. The van der Waals surface area contributed by atoms with Crippen LogP contribution in [0, 0.1) is 5.92 Å². The van der Waals surface area contributed by atoms with Gasteiger partial charge in [0.25, 0.3) is 0 Å². The van der Waals surface area contributed by atoms with Crippen LogP contribution in [0.4, 0.5) is 0 Å². The van der Waals surface area contributed by atoms with Crippen molar-refractivity contribution in [2.75, 3.05) is 26.2 Å². The maximum absolute atomic E-state index is 10.9. The topological polar surface area (TPSA) is 72.6 Å². The number of primary amides is 1. The highest BCUT2D eigenvalue weighted by Crippen LogP contribution is 2.14. The number of carbonyl (C=O) groups is 2. The number of unbranched alkanes of at least 4 members (excludes halogenated alkanes) is 11. The molecule has 5 nitrogen and oxygen atoms in total. The molecule has 0 heterocycles. The van der Waals surface area contributed by atoms with Crippen LogP contribution >= 0.6 is 0 Å². The van der Waals surface area contributed by atoms with E-state index in [-0.39, 0.29) is 11.9 Å². The number of hydrogen-bond donors (Lipinski definition) is 1. The highest BCUT2D eigenvalue weighted by atomic mass is 16.5. The van der Waals surface area contributed by atoms with E-state index in [0.29, 0.717) is 19.6 Å². The predicted molar refractivity (Wildman–Crippen MR) is 133 cm³/mol. The summed E-state index contributed by atoms with van der Waals surface area (Å²) >= 11 is 0. The Morgan fingerprint density at radius 1 is 0.742 bits per heavy atom. The lowest BCUT2D eigenvalue weighted by molar-refractivity contribution is -0.144. The average Bonchev–Trinajstić information content (AvgIpc) is 2.72. The number of nitrogens with two attached hydrogens (primary N) is 1. The first-order valence-corrected chi connectivity index (χ1v) is 13.0. The Hall–Kier alpha value is -1.10. The molecule has 0 aliphatic carbocycles. The van der Waals surface area contributed by atoms with E-state index in [9.17, 15) is 9.59 Å². The number of nitrogens with zero attached hydrogens (tertiary/aromatic N) is 1. The van der Waals surface area contributed by atoms with Crippen LogP contribution in [0.5, 0.6) is 0 Å². The molecule has 0 saturated carbocycles. The van der Waals surface area contributed by atoms with Crippen LogP contribution in [0.25, 0.3) is 0 Å². The quantitative estimate of drug-likeness (QED) is 0.173. The minimum absolute atomic E-state index is 0.129. The van der Waals surface area contributed by atoms with E-state index < -0.39 is 0 Å². The molecule has 0 unspecified atom stereocenters. The zero-order valence-electron chi connectivity index (χ0n) is 21.6. The second kappa shape index (κ2) is 25.2. The van der Waals surface area contributed by atoms with Gasteiger partial charge in [0.1, 0.15) is 0 Å². The molecule has 2 N–H and O–H groups in total. The van der Waals surface area contributed by atoms with Gasteiger partial charge in [0.05, 0.1) is 13.2 Å². The van der Waals surface area contributed by atoms with Crippen molar-refractivity contribution in [3.63, 3.8) is 0 Å². The normalized spacial score (nSPS) is 10.8. The Labute approximate surface area is 193 Å². The van der Waals surface area contributed by atoms with E-state index in [2.05, 4.69) is 13.8 Å². The Balaban J connectivity index is 0. The summed E-state index contributed by atoms with van der Waals surface area (Å²) in [6.45, 7) is 13.2. The third-order valence-electron chi connectivity index (χ3n) is 5.51. The van der Waals surface area contributed by atoms with Gasteiger partial charge in [-0.15, -0.1) is 0 Å². The number of carbonyl (C=O) groups excluding carboxylic acids is 2. The van der Waals surface area contributed by atoms with Gasteiger partial charge in [-0.3, -0.25) is 14.5 Å². The first-order chi connectivity index (χ1) is 14.9. The first-order valence-electron chi connectivity index (χ1n) is 13.0. The molecule has 5 heteroatoms. The van der Waals surface area contributed by atoms with Crippen molar-refractivity contribution in [3.8, 4) is 0 Å². The molecule has 0 fully saturated rings. The molecule has 1 amide bonds. The van der Waals surface area contributed by atoms with Gasteiger partial charge in [-0.05, 0) is 32.4 Å². The van der Waals surface area contributed by atoms with Gasteiger partial charge in [0.2, 0.25) is 5.91 Å². The van der Waals surface area contributed by atoms with Crippen LogP contribution in [-0.4, -0.2) is 43.0 Å². The van der Waals surface area contributed by atoms with E-state index >= 15 is 0 Å². The Morgan fingerprint density at radius 2 is 1.16 bits per heavy atom. The molecule has 0 aromatic rings. The largest absolute Gasteiger partial charge is 0.465 e. The molecule has 0 bridgehead atoms. The smallest absolute Gasteiger partial charge is 0.320 e. The molecule has 0 aromatic carbocycles. The van der Waals surface area contributed by atoms with Crippen LogP contribution in [0.2, 0.25) is 0 Å². The van der Waals surface area contributed by atoms with Gasteiger partial charge in [-0.25, -0.2) is 0 Å². The van der Waals surface area contributed by atoms with Crippen molar-refractivity contribution >= 4 is 11.9 Å². The second-order valence-corrected chi connectivity index (χ2v) is 8.91. The van der Waals surface area contributed by atoms with Crippen molar-refractivity contribution in [3.05, 3.63) is 0 Å². The highest BCUT2D eigenvalue weighted by molar-refractivity contribution is 5.73. The van der Waals surface area contributed by atoms with E-state index in [1.54, 1.807) is 0 Å². The standard InChI is InChI=1S/C18H37NO.C8H17NO2/c1-17(2)15-13-11-9-7-5-3-4-6-8-10-12-14-16-18(19)20;1-4-9(5-2)7-8(10)11-6-3/h17H,3-16H2,1-2H3,(H2,19,20);4-7H2,1-3H3. The zero-order valence-corrected chi connectivity index (χ0v) is 21.6. The summed E-state index contributed by atoms with van der Waals surface area (Å²) < 4.78 is 4.80. The monoisotopic (exact) mass is 442 g/mol. The highest BCUT2D eigenvalue weighted by Gasteiger charge is 2.06. The van der Waals surface area contributed by atoms with Gasteiger partial charge in [0, 0.05) is 6.42 Å². The zero-order chi connectivity index (χ0) is 23.7. The summed E-state index contributed by atoms with van der Waals surface area (Å²) in [6, 6.07) is 0. The number of hydrogen-bond acceptors (Lipinski definition) is 4. The van der Waals surface area contributed by atoms with Gasteiger partial charge in [0.15, 0.2) is 0 Å². The maximum Gasteiger partial charge on any atom is 0.320 e. The van der Waals surface area contributed by atoms with Gasteiger partial charge < -0.3 is 10.5 Å². The number of amides is 1. The molecule has 0 atom stereocenters. The molecule has 0 saturated heterocycles. The molecular formula is C26H54N2O3. The van der Waals surface area contributed by atoms with Gasteiger partial charge >= 0.3 is 5.97 Å². The lowest BCUT2D eigenvalue weighted by Gasteiger charge is -2.15. The molecule has 0 aliphatic rings. The van der Waals surface area contributed by atoms with Gasteiger partial charge in [-0.1, -0.05) is 105 Å². The molecule has 0 radical (unpaired) electrons. The third kappa shape index (κ3) is 28.9. The fourth-order valence-electron chi connectivity index (χ4n) is 3.46. The van der Waals surface area contributed by atoms with E-state index in [1.807, 2.05) is 25.7 Å². The number of rotatable bonds is 20. The number of likely N-dealkylation sites (N-methyl/N-ethyl adjacent to an activating group) is 1. The summed E-state index contributed by atoms with van der Waals surface area (Å²) in [5.41, 5.74) is 5.11. The summed E-state index contributed by atoms with van der Waals surface area (Å²) in [5.74, 6) is 0.590. The lowest BCUT2D eigenvalue weighted by atomic mass is 10.0. The molecular weight excluding hydrogens is 388 g/mol. The molecule has 0 spiro atoms. The van der Waals surface area contributed by atoms with Crippen molar-refractivity contribution in [1.82, 2.24) is 4.90 Å². The Kier molecular flexibility index (Phi) is 26.0.